The molecule has 2 nitrogen and oxygen atoms in total. The van der Waals surface area contributed by atoms with Crippen LogP contribution in [-0.4, -0.2) is 10.8 Å². The van der Waals surface area contributed by atoms with Gasteiger partial charge >= 0.3 is 6.18 Å². The third kappa shape index (κ3) is 2.86. The molecule has 2 aromatic heterocycles. The molecule has 0 saturated heterocycles. The first-order valence-electron chi connectivity index (χ1n) is 5.69. The van der Waals surface area contributed by atoms with E-state index >= 15 is 0 Å². The van der Waals surface area contributed by atoms with E-state index in [1.54, 1.807) is 5.38 Å². The summed E-state index contributed by atoms with van der Waals surface area (Å²) in [5.41, 5.74) is -0.284. The van der Waals surface area contributed by atoms with Gasteiger partial charge in [0.2, 0.25) is 5.78 Å². The SMILES string of the molecule is CCc1ccsc1C(=O)c1ccc(C(F)(F)F)nc1Cl. The second-order valence-corrected chi connectivity index (χ2v) is 5.26. The van der Waals surface area contributed by atoms with E-state index in [1.165, 1.54) is 11.3 Å². The summed E-state index contributed by atoms with van der Waals surface area (Å²) in [4.78, 5) is 16.0. The third-order valence-electron chi connectivity index (χ3n) is 2.72. The Bertz CT molecular complexity index is 651. The summed E-state index contributed by atoms with van der Waals surface area (Å²) in [6.07, 6.45) is -3.92. The minimum absolute atomic E-state index is 0.0168. The second-order valence-electron chi connectivity index (χ2n) is 3.99. The number of pyridine rings is 1. The first-order chi connectivity index (χ1) is 9.34. The van der Waals surface area contributed by atoms with E-state index < -0.39 is 22.8 Å². The second kappa shape index (κ2) is 5.54. The Balaban J connectivity index is 2.42. The van der Waals surface area contributed by atoms with E-state index in [1.807, 2.05) is 13.0 Å². The number of halogens is 4. The van der Waals surface area contributed by atoms with Crippen molar-refractivity contribution in [2.45, 2.75) is 19.5 Å². The van der Waals surface area contributed by atoms with E-state index in [-0.39, 0.29) is 5.56 Å². The molecule has 0 aliphatic rings. The number of ketones is 1. The molecule has 0 saturated carbocycles. The number of hydrogen-bond donors (Lipinski definition) is 0. The number of alkyl halides is 3. The average molecular weight is 320 g/mol. The molecule has 106 valence electrons. The predicted molar refractivity (Wildman–Crippen MR) is 71.4 cm³/mol. The van der Waals surface area contributed by atoms with Gasteiger partial charge in [-0.2, -0.15) is 13.2 Å². The lowest BCUT2D eigenvalue weighted by Gasteiger charge is -2.08. The van der Waals surface area contributed by atoms with E-state index in [4.69, 9.17) is 11.6 Å². The Labute approximate surface area is 122 Å². The quantitative estimate of drug-likeness (QED) is 0.611. The maximum absolute atomic E-state index is 12.5. The summed E-state index contributed by atoms with van der Waals surface area (Å²) >= 11 is 6.95. The van der Waals surface area contributed by atoms with Gasteiger partial charge in [0, 0.05) is 0 Å². The average Bonchev–Trinajstić information content (AvgIpc) is 2.85. The maximum Gasteiger partial charge on any atom is 0.433 e. The van der Waals surface area contributed by atoms with Crippen LogP contribution in [0.15, 0.2) is 23.6 Å². The van der Waals surface area contributed by atoms with Crippen LogP contribution in [0, 0.1) is 0 Å². The third-order valence-corrected chi connectivity index (χ3v) is 3.96. The highest BCUT2D eigenvalue weighted by Gasteiger charge is 2.33. The molecule has 0 bridgehead atoms. The molecule has 2 heterocycles. The summed E-state index contributed by atoms with van der Waals surface area (Å²) in [6.45, 7) is 1.89. The molecule has 7 heteroatoms. The van der Waals surface area contributed by atoms with Crippen LogP contribution in [0.3, 0.4) is 0 Å². The van der Waals surface area contributed by atoms with Gasteiger partial charge in [0.05, 0.1) is 10.4 Å². The molecule has 0 aliphatic carbocycles. The molecule has 0 unspecified atom stereocenters. The van der Waals surface area contributed by atoms with Gasteiger partial charge in [-0.05, 0) is 35.6 Å². The smallest absolute Gasteiger partial charge is 0.288 e. The maximum atomic E-state index is 12.5. The van der Waals surface area contributed by atoms with Crippen molar-refractivity contribution in [2.24, 2.45) is 0 Å². The van der Waals surface area contributed by atoms with Crippen LogP contribution in [0.2, 0.25) is 5.15 Å². The molecule has 2 aromatic rings. The van der Waals surface area contributed by atoms with E-state index in [9.17, 15) is 18.0 Å². The number of carbonyl (C=O) groups is 1. The topological polar surface area (TPSA) is 30.0 Å². The Hall–Kier alpha value is -1.40. The van der Waals surface area contributed by atoms with E-state index in [0.717, 1.165) is 17.7 Å². The number of thiophene rings is 1. The molecule has 0 atom stereocenters. The van der Waals surface area contributed by atoms with Crippen LogP contribution >= 0.6 is 22.9 Å². The van der Waals surface area contributed by atoms with Gasteiger partial charge in [-0.15, -0.1) is 11.3 Å². The normalized spacial score (nSPS) is 11.7. The van der Waals surface area contributed by atoms with Crippen molar-refractivity contribution in [1.29, 1.82) is 0 Å². The van der Waals surface area contributed by atoms with Crippen molar-refractivity contribution >= 4 is 28.7 Å². The van der Waals surface area contributed by atoms with Crippen LogP contribution in [0.4, 0.5) is 13.2 Å². The lowest BCUT2D eigenvalue weighted by molar-refractivity contribution is -0.141. The van der Waals surface area contributed by atoms with Gasteiger partial charge in [-0.1, -0.05) is 18.5 Å². The molecule has 20 heavy (non-hydrogen) atoms. The molecular weight excluding hydrogens is 311 g/mol. The molecule has 0 aromatic carbocycles. The monoisotopic (exact) mass is 319 g/mol. The van der Waals surface area contributed by atoms with E-state index in [2.05, 4.69) is 4.98 Å². The summed E-state index contributed by atoms with van der Waals surface area (Å²) in [7, 11) is 0. The highest BCUT2D eigenvalue weighted by atomic mass is 35.5. The molecule has 0 radical (unpaired) electrons. The minimum Gasteiger partial charge on any atom is -0.288 e. The molecule has 0 amide bonds. The first-order valence-corrected chi connectivity index (χ1v) is 6.95. The molecule has 2 rings (SSSR count). The summed E-state index contributed by atoms with van der Waals surface area (Å²) in [5.74, 6) is -0.400. The lowest BCUT2D eigenvalue weighted by atomic mass is 10.1. The van der Waals surface area contributed by atoms with Gasteiger partial charge in [0.15, 0.2) is 0 Å². The first kappa shape index (κ1) is 15.0. The van der Waals surface area contributed by atoms with Crippen molar-refractivity contribution in [3.63, 3.8) is 0 Å². The van der Waals surface area contributed by atoms with Gasteiger partial charge in [-0.25, -0.2) is 4.98 Å². The van der Waals surface area contributed by atoms with Crippen molar-refractivity contribution in [3.05, 3.63) is 50.4 Å². The number of hydrogen-bond acceptors (Lipinski definition) is 3. The van der Waals surface area contributed by atoms with Gasteiger partial charge in [0.25, 0.3) is 0 Å². The molecular formula is C13H9ClF3NOS. The van der Waals surface area contributed by atoms with Crippen molar-refractivity contribution in [3.8, 4) is 0 Å². The molecule has 0 spiro atoms. The van der Waals surface area contributed by atoms with Crippen LogP contribution < -0.4 is 0 Å². The minimum atomic E-state index is -4.58. The Morgan fingerprint density at radius 3 is 2.60 bits per heavy atom. The zero-order valence-electron chi connectivity index (χ0n) is 10.3. The Morgan fingerprint density at radius 1 is 1.35 bits per heavy atom. The molecule has 0 N–H and O–H groups in total. The lowest BCUT2D eigenvalue weighted by Crippen LogP contribution is -2.11. The highest BCUT2D eigenvalue weighted by Crippen LogP contribution is 2.31. The van der Waals surface area contributed by atoms with Crippen molar-refractivity contribution in [2.75, 3.05) is 0 Å². The zero-order chi connectivity index (χ0) is 14.9. The van der Waals surface area contributed by atoms with E-state index in [0.29, 0.717) is 11.3 Å². The Morgan fingerprint density at radius 2 is 2.05 bits per heavy atom. The Kier molecular flexibility index (Phi) is 4.15. The number of rotatable bonds is 3. The van der Waals surface area contributed by atoms with Crippen molar-refractivity contribution in [1.82, 2.24) is 4.98 Å². The zero-order valence-corrected chi connectivity index (χ0v) is 11.9. The fourth-order valence-electron chi connectivity index (χ4n) is 1.70. The van der Waals surface area contributed by atoms with Crippen LogP contribution in [0.25, 0.3) is 0 Å². The standard InChI is InChI=1S/C13H9ClF3NOS/c1-2-7-5-6-20-11(7)10(19)8-3-4-9(13(15,16)17)18-12(8)14/h3-6H,2H2,1H3. The number of aryl methyl sites for hydroxylation is 1. The van der Waals surface area contributed by atoms with Crippen LogP contribution in [-0.2, 0) is 12.6 Å². The molecule has 0 fully saturated rings. The summed E-state index contributed by atoms with van der Waals surface area (Å²) in [5, 5.41) is 1.33. The number of aromatic nitrogens is 1. The fourth-order valence-corrected chi connectivity index (χ4v) is 2.89. The van der Waals surface area contributed by atoms with Crippen LogP contribution in [0.5, 0.6) is 0 Å². The fraction of sp³-hybridized carbons (Fsp3) is 0.231. The van der Waals surface area contributed by atoms with Crippen LogP contribution in [0.1, 0.15) is 33.4 Å². The number of nitrogens with zero attached hydrogens (tertiary/aromatic N) is 1. The van der Waals surface area contributed by atoms with Gasteiger partial charge in [0.1, 0.15) is 10.8 Å². The van der Waals surface area contributed by atoms with Gasteiger partial charge in [-0.3, -0.25) is 4.79 Å². The summed E-state index contributed by atoms with van der Waals surface area (Å²) < 4.78 is 37.5. The number of carbonyl (C=O) groups excluding carboxylic acids is 1. The highest BCUT2D eigenvalue weighted by molar-refractivity contribution is 7.12. The predicted octanol–water partition coefficient (Wildman–Crippen LogP) is 4.61. The van der Waals surface area contributed by atoms with Gasteiger partial charge < -0.3 is 0 Å². The molecule has 0 aliphatic heterocycles. The summed E-state index contributed by atoms with van der Waals surface area (Å²) in [6, 6.07) is 3.64. The van der Waals surface area contributed by atoms with Crippen molar-refractivity contribution < 1.29 is 18.0 Å². The largest absolute Gasteiger partial charge is 0.433 e.